The van der Waals surface area contributed by atoms with E-state index < -0.39 is 28.0 Å². The first kappa shape index (κ1) is 15.7. The molecule has 1 fully saturated rings. The molecule has 0 aromatic heterocycles. The molecule has 110 valence electrons. The molecule has 0 aromatic carbocycles. The molecular formula is C10H18N2O6S. The molecule has 0 atom stereocenters. The molecule has 0 radical (unpaired) electrons. The lowest BCUT2D eigenvalue weighted by atomic mass is 9.97. The Morgan fingerprint density at radius 2 is 2.00 bits per heavy atom. The maximum atomic E-state index is 11.6. The van der Waals surface area contributed by atoms with E-state index in [9.17, 15) is 18.0 Å². The van der Waals surface area contributed by atoms with Crippen LogP contribution in [0.1, 0.15) is 6.92 Å². The largest absolute Gasteiger partial charge is 0.480 e. The number of sulfone groups is 1. The quantitative estimate of drug-likeness (QED) is 0.644. The first-order valence-electron chi connectivity index (χ1n) is 5.68. The Kier molecular flexibility index (Phi) is 4.75. The molecule has 0 spiro atoms. The second kappa shape index (κ2) is 5.74. The Morgan fingerprint density at radius 1 is 1.42 bits per heavy atom. The molecule has 0 unspecified atom stereocenters. The number of ether oxygens (including phenoxy) is 1. The van der Waals surface area contributed by atoms with E-state index in [2.05, 4.69) is 5.32 Å². The number of aliphatic carboxylic acids is 1. The van der Waals surface area contributed by atoms with Crippen LogP contribution >= 0.6 is 0 Å². The lowest BCUT2D eigenvalue weighted by Gasteiger charge is -2.46. The maximum absolute atomic E-state index is 11.6. The smallest absolute Gasteiger partial charge is 0.329 e. The second-order valence-electron chi connectivity index (χ2n) is 4.85. The highest BCUT2D eigenvalue weighted by molar-refractivity contribution is 7.90. The zero-order chi connectivity index (χ0) is 14.7. The number of rotatable bonds is 6. The Morgan fingerprint density at radius 3 is 2.47 bits per heavy atom. The number of carboxylic acid groups (broad SMARTS) is 1. The van der Waals surface area contributed by atoms with E-state index in [0.717, 1.165) is 6.26 Å². The highest BCUT2D eigenvalue weighted by Gasteiger charge is 2.42. The third-order valence-electron chi connectivity index (χ3n) is 2.63. The minimum atomic E-state index is -3.10. The highest BCUT2D eigenvalue weighted by atomic mass is 32.2. The van der Waals surface area contributed by atoms with Gasteiger partial charge in [0, 0.05) is 12.8 Å². The van der Waals surface area contributed by atoms with Gasteiger partial charge in [-0.3, -0.25) is 0 Å². The Balaban J connectivity index is 2.26. The molecule has 9 heteroatoms. The number of nitrogens with zero attached hydrogens (tertiary/aromatic N) is 1. The van der Waals surface area contributed by atoms with Crippen LogP contribution < -0.4 is 5.32 Å². The van der Waals surface area contributed by atoms with E-state index in [1.807, 2.05) is 0 Å². The van der Waals surface area contributed by atoms with Gasteiger partial charge in [-0.25, -0.2) is 18.0 Å². The minimum absolute atomic E-state index is 0.0564. The molecule has 0 saturated carbocycles. The molecule has 1 rings (SSSR count). The Bertz CT molecular complexity index is 455. The number of carboxylic acids is 1. The van der Waals surface area contributed by atoms with Crippen LogP contribution in [0.5, 0.6) is 0 Å². The zero-order valence-electron chi connectivity index (χ0n) is 10.9. The Hall–Kier alpha value is -1.35. The number of hydrogen-bond donors (Lipinski definition) is 2. The van der Waals surface area contributed by atoms with Gasteiger partial charge in [0.15, 0.2) is 0 Å². The van der Waals surface area contributed by atoms with Gasteiger partial charge in [-0.1, -0.05) is 0 Å². The SMILES string of the molecule is CC1(OCC(=O)O)CN(C(=O)NCCS(C)(=O)=O)C1. The number of amides is 2. The highest BCUT2D eigenvalue weighted by Crippen LogP contribution is 2.24. The van der Waals surface area contributed by atoms with Crippen LogP contribution in [0, 0.1) is 0 Å². The zero-order valence-corrected chi connectivity index (χ0v) is 11.7. The van der Waals surface area contributed by atoms with E-state index in [0.29, 0.717) is 0 Å². The van der Waals surface area contributed by atoms with Crippen LogP contribution in [0.15, 0.2) is 0 Å². The average molecular weight is 294 g/mol. The summed E-state index contributed by atoms with van der Waals surface area (Å²) in [6.45, 7) is 1.94. The number of carbonyl (C=O) groups excluding carboxylic acids is 1. The van der Waals surface area contributed by atoms with Gasteiger partial charge < -0.3 is 20.1 Å². The summed E-state index contributed by atoms with van der Waals surface area (Å²) in [5.74, 6) is -1.17. The summed E-state index contributed by atoms with van der Waals surface area (Å²) in [4.78, 5) is 23.4. The number of nitrogens with one attached hydrogen (secondary N) is 1. The standard InChI is InChI=1S/C10H18N2O6S/c1-10(18-5-8(13)14)6-12(7-10)9(15)11-3-4-19(2,16)17/h3-7H2,1-2H3,(H,11,15)(H,13,14). The van der Waals surface area contributed by atoms with E-state index >= 15 is 0 Å². The normalized spacial score (nSPS) is 17.7. The summed E-state index contributed by atoms with van der Waals surface area (Å²) < 4.78 is 26.9. The van der Waals surface area contributed by atoms with E-state index in [1.54, 1.807) is 6.92 Å². The van der Waals surface area contributed by atoms with Crippen molar-refractivity contribution in [1.29, 1.82) is 0 Å². The molecule has 2 N–H and O–H groups in total. The minimum Gasteiger partial charge on any atom is -0.480 e. The molecular weight excluding hydrogens is 276 g/mol. The van der Waals surface area contributed by atoms with Gasteiger partial charge >= 0.3 is 12.0 Å². The summed E-state index contributed by atoms with van der Waals surface area (Å²) in [6, 6.07) is -0.375. The van der Waals surface area contributed by atoms with Crippen molar-refractivity contribution in [1.82, 2.24) is 10.2 Å². The van der Waals surface area contributed by atoms with E-state index in [1.165, 1.54) is 4.90 Å². The fourth-order valence-corrected chi connectivity index (χ4v) is 2.16. The number of likely N-dealkylation sites (tertiary alicyclic amines) is 1. The predicted octanol–water partition coefficient (Wildman–Crippen LogP) is -1.08. The molecule has 1 saturated heterocycles. The average Bonchev–Trinajstić information content (AvgIpc) is 2.20. The van der Waals surface area contributed by atoms with E-state index in [-0.39, 0.29) is 31.4 Å². The molecule has 8 nitrogen and oxygen atoms in total. The van der Waals surface area contributed by atoms with Gasteiger partial charge in [-0.15, -0.1) is 0 Å². The molecule has 19 heavy (non-hydrogen) atoms. The molecule has 1 aliphatic rings. The molecule has 0 aliphatic carbocycles. The molecule has 2 amide bonds. The lowest BCUT2D eigenvalue weighted by Crippen LogP contribution is -2.65. The first-order valence-corrected chi connectivity index (χ1v) is 7.74. The van der Waals surface area contributed by atoms with Gasteiger partial charge in [0.2, 0.25) is 0 Å². The van der Waals surface area contributed by atoms with Crippen molar-refractivity contribution in [2.45, 2.75) is 12.5 Å². The fraction of sp³-hybridized carbons (Fsp3) is 0.800. The van der Waals surface area contributed by atoms with Crippen molar-refractivity contribution in [3.8, 4) is 0 Å². The summed E-state index contributed by atoms with van der Waals surface area (Å²) in [6.07, 6.45) is 1.10. The molecule has 1 aliphatic heterocycles. The van der Waals surface area contributed by atoms with Gasteiger partial charge in [0.25, 0.3) is 0 Å². The maximum Gasteiger partial charge on any atom is 0.329 e. The van der Waals surface area contributed by atoms with Gasteiger partial charge in [0.1, 0.15) is 22.0 Å². The van der Waals surface area contributed by atoms with Crippen LogP contribution in [-0.2, 0) is 19.4 Å². The van der Waals surface area contributed by atoms with Crippen LogP contribution in [-0.4, -0.2) is 74.3 Å². The predicted molar refractivity (Wildman–Crippen MR) is 66.7 cm³/mol. The first-order chi connectivity index (χ1) is 8.61. The lowest BCUT2D eigenvalue weighted by molar-refractivity contribution is -0.159. The second-order valence-corrected chi connectivity index (χ2v) is 7.11. The van der Waals surface area contributed by atoms with Crippen molar-refractivity contribution in [2.24, 2.45) is 0 Å². The van der Waals surface area contributed by atoms with Gasteiger partial charge in [-0.2, -0.15) is 0 Å². The van der Waals surface area contributed by atoms with Crippen LogP contribution in [0.4, 0.5) is 4.79 Å². The number of carbonyl (C=O) groups is 2. The van der Waals surface area contributed by atoms with Crippen LogP contribution in [0.3, 0.4) is 0 Å². The van der Waals surface area contributed by atoms with E-state index in [4.69, 9.17) is 9.84 Å². The summed E-state index contributed by atoms with van der Waals surface area (Å²) in [7, 11) is -3.10. The fourth-order valence-electron chi connectivity index (χ4n) is 1.69. The van der Waals surface area contributed by atoms with Crippen LogP contribution in [0.2, 0.25) is 0 Å². The van der Waals surface area contributed by atoms with Gasteiger partial charge in [-0.05, 0) is 6.92 Å². The monoisotopic (exact) mass is 294 g/mol. The molecule has 0 aromatic rings. The molecule has 0 bridgehead atoms. The number of urea groups is 1. The summed E-state index contributed by atoms with van der Waals surface area (Å²) in [5, 5.41) is 11.0. The van der Waals surface area contributed by atoms with Crippen molar-refractivity contribution in [2.75, 3.05) is 38.2 Å². The third kappa shape index (κ3) is 5.43. The number of hydrogen-bond acceptors (Lipinski definition) is 5. The third-order valence-corrected chi connectivity index (χ3v) is 3.58. The van der Waals surface area contributed by atoms with Gasteiger partial charge in [0.05, 0.1) is 18.8 Å². The van der Waals surface area contributed by atoms with Crippen molar-refractivity contribution >= 4 is 21.8 Å². The summed E-state index contributed by atoms with van der Waals surface area (Å²) in [5.41, 5.74) is -0.646. The topological polar surface area (TPSA) is 113 Å². The van der Waals surface area contributed by atoms with Crippen molar-refractivity contribution in [3.05, 3.63) is 0 Å². The summed E-state index contributed by atoms with van der Waals surface area (Å²) >= 11 is 0. The van der Waals surface area contributed by atoms with Crippen molar-refractivity contribution < 1.29 is 27.9 Å². The van der Waals surface area contributed by atoms with Crippen molar-refractivity contribution in [3.63, 3.8) is 0 Å². The Labute approximate surface area is 111 Å². The molecule has 1 heterocycles. The van der Waals surface area contributed by atoms with Crippen LogP contribution in [0.25, 0.3) is 0 Å².